The number of nitrogens with one attached hydrogen (secondary N) is 1. The zero-order valence-electron chi connectivity index (χ0n) is 14.9. The van der Waals surface area contributed by atoms with E-state index in [2.05, 4.69) is 5.32 Å². The maximum absolute atomic E-state index is 12.1. The number of aryl methyl sites for hydroxylation is 3. The molecule has 6 heteroatoms. The molecular formula is C19H23NO4S. The zero-order valence-corrected chi connectivity index (χ0v) is 15.7. The van der Waals surface area contributed by atoms with Gasteiger partial charge in [-0.2, -0.15) is 0 Å². The summed E-state index contributed by atoms with van der Waals surface area (Å²) in [6.45, 7) is 6.04. The molecule has 0 saturated heterocycles. The van der Waals surface area contributed by atoms with Crippen LogP contribution in [0.1, 0.15) is 23.1 Å². The Kier molecular flexibility index (Phi) is 5.85. The Morgan fingerprint density at radius 1 is 1.04 bits per heavy atom. The van der Waals surface area contributed by atoms with E-state index >= 15 is 0 Å². The third-order valence-corrected chi connectivity index (χ3v) is 4.94. The fourth-order valence-electron chi connectivity index (χ4n) is 2.39. The number of hydrogen-bond acceptors (Lipinski definition) is 4. The van der Waals surface area contributed by atoms with Gasteiger partial charge in [-0.05, 0) is 50.1 Å². The van der Waals surface area contributed by atoms with Crippen molar-refractivity contribution in [1.29, 1.82) is 0 Å². The van der Waals surface area contributed by atoms with Gasteiger partial charge < -0.3 is 10.1 Å². The third-order valence-electron chi connectivity index (χ3n) is 3.83. The fourth-order valence-corrected chi connectivity index (χ4v) is 3.04. The minimum atomic E-state index is -3.32. The van der Waals surface area contributed by atoms with E-state index in [9.17, 15) is 13.2 Å². The van der Waals surface area contributed by atoms with Gasteiger partial charge in [0.15, 0.2) is 9.84 Å². The quantitative estimate of drug-likeness (QED) is 0.856. The highest BCUT2D eigenvalue weighted by molar-refractivity contribution is 7.90. The first-order valence-corrected chi connectivity index (χ1v) is 9.86. The number of ether oxygens (including phenoxy) is 1. The van der Waals surface area contributed by atoms with Crippen molar-refractivity contribution in [2.24, 2.45) is 0 Å². The second kappa shape index (κ2) is 7.70. The van der Waals surface area contributed by atoms with Crippen LogP contribution in [0.4, 0.5) is 5.69 Å². The lowest BCUT2D eigenvalue weighted by Crippen LogP contribution is -2.16. The topological polar surface area (TPSA) is 72.5 Å². The van der Waals surface area contributed by atoms with E-state index in [1.54, 1.807) is 6.07 Å². The van der Waals surface area contributed by atoms with Crippen LogP contribution in [0.2, 0.25) is 0 Å². The highest BCUT2D eigenvalue weighted by Gasteiger charge is 2.11. The largest absolute Gasteiger partial charge is 0.493 e. The van der Waals surface area contributed by atoms with E-state index in [0.717, 1.165) is 28.7 Å². The van der Waals surface area contributed by atoms with E-state index in [1.807, 2.05) is 39.0 Å². The standard InChI is InChI=1S/C19H23NO4S/c1-13-5-8-18(15(3)11-13)24-10-9-19(21)20-17-12-16(25(4,22)23)7-6-14(17)2/h5-8,11-12H,9-10H2,1-4H3,(H,20,21). The maximum Gasteiger partial charge on any atom is 0.227 e. The minimum absolute atomic E-state index is 0.176. The summed E-state index contributed by atoms with van der Waals surface area (Å²) < 4.78 is 28.9. The van der Waals surface area contributed by atoms with Gasteiger partial charge in [0.2, 0.25) is 5.91 Å². The van der Waals surface area contributed by atoms with E-state index in [-0.39, 0.29) is 23.8 Å². The highest BCUT2D eigenvalue weighted by Crippen LogP contribution is 2.21. The Bertz CT molecular complexity index is 888. The Balaban J connectivity index is 1.96. The monoisotopic (exact) mass is 361 g/mol. The SMILES string of the molecule is Cc1ccc(OCCC(=O)Nc2cc(S(C)(=O)=O)ccc2C)c(C)c1. The van der Waals surface area contributed by atoms with Gasteiger partial charge in [-0.15, -0.1) is 0 Å². The van der Waals surface area contributed by atoms with Crippen molar-refractivity contribution in [3.63, 3.8) is 0 Å². The molecule has 0 unspecified atom stereocenters. The van der Waals surface area contributed by atoms with Crippen LogP contribution in [-0.2, 0) is 14.6 Å². The normalized spacial score (nSPS) is 11.2. The summed E-state index contributed by atoms with van der Waals surface area (Å²) in [4.78, 5) is 12.3. The van der Waals surface area contributed by atoms with Gasteiger partial charge in [0.25, 0.3) is 0 Å². The molecule has 0 fully saturated rings. The van der Waals surface area contributed by atoms with Crippen LogP contribution < -0.4 is 10.1 Å². The molecule has 0 spiro atoms. The van der Waals surface area contributed by atoms with Crippen LogP contribution in [0.5, 0.6) is 5.75 Å². The Labute approximate surface area is 148 Å². The van der Waals surface area contributed by atoms with Gasteiger partial charge in [0, 0.05) is 11.9 Å². The van der Waals surface area contributed by atoms with Crippen molar-refractivity contribution < 1.29 is 17.9 Å². The van der Waals surface area contributed by atoms with Crippen LogP contribution in [0.25, 0.3) is 0 Å². The fraction of sp³-hybridized carbons (Fsp3) is 0.316. The lowest BCUT2D eigenvalue weighted by Gasteiger charge is -2.12. The molecule has 0 aliphatic carbocycles. The minimum Gasteiger partial charge on any atom is -0.493 e. The van der Waals surface area contributed by atoms with Crippen molar-refractivity contribution in [1.82, 2.24) is 0 Å². The van der Waals surface area contributed by atoms with Gasteiger partial charge in [-0.25, -0.2) is 8.42 Å². The predicted molar refractivity (Wildman–Crippen MR) is 98.9 cm³/mol. The molecule has 0 heterocycles. The first-order chi connectivity index (χ1) is 11.7. The number of hydrogen-bond donors (Lipinski definition) is 1. The van der Waals surface area contributed by atoms with Crippen molar-refractivity contribution in [3.05, 3.63) is 53.1 Å². The molecule has 2 aromatic rings. The van der Waals surface area contributed by atoms with Gasteiger partial charge in [0.05, 0.1) is 17.9 Å². The summed E-state index contributed by atoms with van der Waals surface area (Å²) in [5, 5.41) is 2.75. The van der Waals surface area contributed by atoms with Gasteiger partial charge in [0.1, 0.15) is 5.75 Å². The summed E-state index contributed by atoms with van der Waals surface area (Å²) >= 11 is 0. The van der Waals surface area contributed by atoms with Gasteiger partial charge in [-0.3, -0.25) is 4.79 Å². The van der Waals surface area contributed by atoms with Crippen molar-refractivity contribution in [2.75, 3.05) is 18.2 Å². The highest BCUT2D eigenvalue weighted by atomic mass is 32.2. The molecule has 0 radical (unpaired) electrons. The molecule has 2 rings (SSSR count). The van der Waals surface area contributed by atoms with Crippen molar-refractivity contribution >= 4 is 21.4 Å². The Morgan fingerprint density at radius 3 is 2.40 bits per heavy atom. The smallest absolute Gasteiger partial charge is 0.227 e. The van der Waals surface area contributed by atoms with Crippen LogP contribution >= 0.6 is 0 Å². The Morgan fingerprint density at radius 2 is 1.76 bits per heavy atom. The van der Waals surface area contributed by atoms with E-state index < -0.39 is 9.84 Å². The lowest BCUT2D eigenvalue weighted by molar-refractivity contribution is -0.116. The third kappa shape index (κ3) is 5.32. The number of rotatable bonds is 6. The summed E-state index contributed by atoms with van der Waals surface area (Å²) in [7, 11) is -3.32. The van der Waals surface area contributed by atoms with Gasteiger partial charge >= 0.3 is 0 Å². The molecule has 1 amide bonds. The van der Waals surface area contributed by atoms with E-state index in [1.165, 1.54) is 12.1 Å². The molecule has 0 bridgehead atoms. The molecule has 134 valence electrons. The average molecular weight is 361 g/mol. The van der Waals surface area contributed by atoms with Gasteiger partial charge in [-0.1, -0.05) is 23.8 Å². The number of anilines is 1. The molecule has 0 aliphatic heterocycles. The number of amides is 1. The van der Waals surface area contributed by atoms with Crippen LogP contribution in [-0.4, -0.2) is 27.2 Å². The van der Waals surface area contributed by atoms with Crippen molar-refractivity contribution in [2.45, 2.75) is 32.1 Å². The molecule has 25 heavy (non-hydrogen) atoms. The predicted octanol–water partition coefficient (Wildman–Crippen LogP) is 3.42. The molecule has 1 N–H and O–H groups in total. The second-order valence-corrected chi connectivity index (χ2v) is 8.18. The first kappa shape index (κ1) is 19.0. The average Bonchev–Trinajstić information content (AvgIpc) is 2.50. The molecule has 0 aromatic heterocycles. The number of sulfone groups is 1. The molecule has 2 aromatic carbocycles. The summed E-state index contributed by atoms with van der Waals surface area (Å²) in [5.41, 5.74) is 3.48. The second-order valence-electron chi connectivity index (χ2n) is 6.16. The maximum atomic E-state index is 12.1. The molecular weight excluding hydrogens is 338 g/mol. The molecule has 0 atom stereocenters. The Hall–Kier alpha value is -2.34. The molecule has 0 aliphatic rings. The first-order valence-electron chi connectivity index (χ1n) is 7.97. The summed E-state index contributed by atoms with van der Waals surface area (Å²) in [5.74, 6) is 0.534. The molecule has 0 saturated carbocycles. The van der Waals surface area contributed by atoms with Crippen LogP contribution in [0.3, 0.4) is 0 Å². The summed E-state index contributed by atoms with van der Waals surface area (Å²) in [6.07, 6.45) is 1.32. The van der Waals surface area contributed by atoms with E-state index in [4.69, 9.17) is 4.74 Å². The van der Waals surface area contributed by atoms with E-state index in [0.29, 0.717) is 5.69 Å². The molecule has 5 nitrogen and oxygen atoms in total. The summed E-state index contributed by atoms with van der Waals surface area (Å²) in [6, 6.07) is 10.6. The van der Waals surface area contributed by atoms with Crippen molar-refractivity contribution in [3.8, 4) is 5.75 Å². The van der Waals surface area contributed by atoms with Crippen LogP contribution in [0.15, 0.2) is 41.3 Å². The zero-order chi connectivity index (χ0) is 18.6. The lowest BCUT2D eigenvalue weighted by atomic mass is 10.1. The number of benzene rings is 2. The van der Waals surface area contributed by atoms with Crippen LogP contribution in [0, 0.1) is 20.8 Å². The number of carbonyl (C=O) groups excluding carboxylic acids is 1. The number of carbonyl (C=O) groups is 1.